The van der Waals surface area contributed by atoms with Gasteiger partial charge < -0.3 is 29.7 Å². The van der Waals surface area contributed by atoms with Crippen molar-refractivity contribution in [1.82, 2.24) is 20.4 Å². The average molecular weight is 657 g/mol. The minimum Gasteiger partial charge on any atom is -0.464 e. The number of nitrogens with one attached hydrogen (secondary N) is 2. The van der Waals surface area contributed by atoms with Gasteiger partial charge >= 0.3 is 18.2 Å². The van der Waals surface area contributed by atoms with Crippen LogP contribution in [-0.4, -0.2) is 82.2 Å². The minimum atomic E-state index is -1.26. The molecule has 0 spiro atoms. The Balaban J connectivity index is 1.38. The Morgan fingerprint density at radius 2 is 1.91 bits per heavy atom. The lowest BCUT2D eigenvalue weighted by Crippen LogP contribution is -2.56. The number of ether oxygens (including phenoxy) is 3. The fourth-order valence-electron chi connectivity index (χ4n) is 6.57. The summed E-state index contributed by atoms with van der Waals surface area (Å²) in [4.78, 5) is 70.0. The first-order valence-electron chi connectivity index (χ1n) is 16.5. The molecule has 3 aliphatic heterocycles. The number of amides is 4. The van der Waals surface area contributed by atoms with Crippen LogP contribution >= 0.6 is 0 Å². The van der Waals surface area contributed by atoms with E-state index in [0.717, 1.165) is 19.3 Å². The smallest absolute Gasteiger partial charge is 0.410 e. The lowest BCUT2D eigenvalue weighted by molar-refractivity contribution is -0.150. The molecule has 1 saturated heterocycles. The van der Waals surface area contributed by atoms with Crippen LogP contribution in [0, 0.1) is 11.7 Å². The van der Waals surface area contributed by atoms with Crippen molar-refractivity contribution in [3.05, 3.63) is 47.3 Å². The molecule has 4 amide bonds. The zero-order valence-electron chi connectivity index (χ0n) is 27.5. The Bertz CT molecular complexity index is 1430. The molecule has 5 atom stereocenters. The number of alkyl carbamates (subject to hydrolysis) is 1. The van der Waals surface area contributed by atoms with Crippen molar-refractivity contribution in [2.24, 2.45) is 5.92 Å². The van der Waals surface area contributed by atoms with Gasteiger partial charge in [0.25, 0.3) is 0 Å². The molecule has 47 heavy (non-hydrogen) atoms. The van der Waals surface area contributed by atoms with E-state index in [2.05, 4.69) is 10.6 Å². The van der Waals surface area contributed by atoms with Crippen LogP contribution in [0.3, 0.4) is 0 Å². The first kappa shape index (κ1) is 34.2. The van der Waals surface area contributed by atoms with Gasteiger partial charge in [0, 0.05) is 24.4 Å². The Hall–Kier alpha value is -4.16. The lowest BCUT2D eigenvalue weighted by Gasteiger charge is -2.30. The van der Waals surface area contributed by atoms with Gasteiger partial charge in [-0.15, -0.1) is 0 Å². The van der Waals surface area contributed by atoms with Crippen LogP contribution in [0.5, 0.6) is 0 Å². The molecule has 0 unspecified atom stereocenters. The van der Waals surface area contributed by atoms with Gasteiger partial charge in [0.15, 0.2) is 0 Å². The van der Waals surface area contributed by atoms with Gasteiger partial charge in [-0.2, -0.15) is 0 Å². The maximum absolute atomic E-state index is 14.3. The SMILES string of the molecule is CCOC(=O)[C@]12C[C@H]1/C=C\CCCCC[C@H](NC(=O)OC(C)(C)C)C(=O)N1C[C@H](OC(=O)N3Cc4cccc(F)c4C3)C[C@H]1C(=O)N2. The number of esters is 1. The molecule has 4 aliphatic rings. The molecule has 13 heteroatoms. The minimum absolute atomic E-state index is 0.0307. The van der Waals surface area contributed by atoms with Crippen molar-refractivity contribution in [3.63, 3.8) is 0 Å². The van der Waals surface area contributed by atoms with Crippen molar-refractivity contribution in [3.8, 4) is 0 Å². The first-order chi connectivity index (χ1) is 22.3. The maximum atomic E-state index is 14.3. The van der Waals surface area contributed by atoms with Gasteiger partial charge in [-0.1, -0.05) is 37.1 Å². The molecule has 0 bridgehead atoms. The molecule has 3 heterocycles. The Morgan fingerprint density at radius 1 is 1.13 bits per heavy atom. The van der Waals surface area contributed by atoms with Crippen LogP contribution in [0.2, 0.25) is 0 Å². The summed E-state index contributed by atoms with van der Waals surface area (Å²) in [6.07, 6.45) is 5.27. The summed E-state index contributed by atoms with van der Waals surface area (Å²) >= 11 is 0. The number of hydrogen-bond acceptors (Lipinski definition) is 8. The van der Waals surface area contributed by atoms with E-state index in [4.69, 9.17) is 14.2 Å². The van der Waals surface area contributed by atoms with E-state index in [1.165, 1.54) is 15.9 Å². The van der Waals surface area contributed by atoms with E-state index < -0.39 is 65.1 Å². The Labute approximate surface area is 274 Å². The lowest BCUT2D eigenvalue weighted by atomic mass is 10.0. The number of halogens is 1. The highest BCUT2D eigenvalue weighted by molar-refractivity contribution is 5.96. The highest BCUT2D eigenvalue weighted by atomic mass is 19.1. The second kappa shape index (κ2) is 13.9. The van der Waals surface area contributed by atoms with Crippen LogP contribution in [-0.2, 0) is 41.7 Å². The summed E-state index contributed by atoms with van der Waals surface area (Å²) in [6, 6.07) is 2.57. The summed E-state index contributed by atoms with van der Waals surface area (Å²) in [5.74, 6) is -2.30. The Morgan fingerprint density at radius 3 is 2.64 bits per heavy atom. The molecule has 1 aromatic carbocycles. The number of carbonyl (C=O) groups excluding carboxylic acids is 5. The normalized spacial score (nSPS) is 28.4. The summed E-state index contributed by atoms with van der Waals surface area (Å²) in [6.45, 7) is 7.09. The quantitative estimate of drug-likeness (QED) is 0.280. The summed E-state index contributed by atoms with van der Waals surface area (Å²) < 4.78 is 30.9. The zero-order chi connectivity index (χ0) is 33.9. The number of allylic oxidation sites excluding steroid dienone is 1. The molecule has 1 aromatic rings. The fraction of sp³-hybridized carbons (Fsp3) is 0.618. The van der Waals surface area contributed by atoms with Crippen molar-refractivity contribution in [2.75, 3.05) is 13.2 Å². The molecule has 0 aromatic heterocycles. The highest BCUT2D eigenvalue weighted by Gasteiger charge is 2.62. The van der Waals surface area contributed by atoms with Gasteiger partial charge in [-0.05, 0) is 65.0 Å². The van der Waals surface area contributed by atoms with Crippen LogP contribution < -0.4 is 10.6 Å². The zero-order valence-corrected chi connectivity index (χ0v) is 27.5. The summed E-state index contributed by atoms with van der Waals surface area (Å²) in [5, 5.41) is 5.58. The number of fused-ring (bicyclic) bond motifs is 3. The number of carbonyl (C=O) groups is 5. The molecule has 2 N–H and O–H groups in total. The van der Waals surface area contributed by atoms with Gasteiger partial charge in [-0.25, -0.2) is 18.8 Å². The number of rotatable bonds is 4. The van der Waals surface area contributed by atoms with Crippen LogP contribution in [0.4, 0.5) is 14.0 Å². The van der Waals surface area contributed by atoms with Crippen LogP contribution in [0.1, 0.15) is 83.8 Å². The first-order valence-corrected chi connectivity index (χ1v) is 16.5. The van der Waals surface area contributed by atoms with E-state index in [1.807, 2.05) is 12.2 Å². The van der Waals surface area contributed by atoms with E-state index in [-0.39, 0.29) is 38.6 Å². The topological polar surface area (TPSA) is 144 Å². The largest absolute Gasteiger partial charge is 0.464 e. The molecule has 256 valence electrons. The average Bonchev–Trinajstić information content (AvgIpc) is 3.31. The second-order valence-electron chi connectivity index (χ2n) is 13.7. The third-order valence-corrected chi connectivity index (χ3v) is 9.02. The predicted molar refractivity (Wildman–Crippen MR) is 167 cm³/mol. The third kappa shape index (κ3) is 7.87. The van der Waals surface area contributed by atoms with Gasteiger partial charge in [-0.3, -0.25) is 14.5 Å². The molecule has 1 saturated carbocycles. The number of nitrogens with zero attached hydrogens (tertiary/aromatic N) is 2. The monoisotopic (exact) mass is 656 g/mol. The molecular formula is C34H45FN4O8. The van der Waals surface area contributed by atoms with Crippen molar-refractivity contribution < 1.29 is 42.6 Å². The van der Waals surface area contributed by atoms with Gasteiger partial charge in [0.2, 0.25) is 11.8 Å². The van der Waals surface area contributed by atoms with Gasteiger partial charge in [0.05, 0.1) is 19.7 Å². The molecule has 2 fully saturated rings. The van der Waals surface area contributed by atoms with Gasteiger partial charge in [0.1, 0.15) is 35.1 Å². The standard InChI is InChI=1S/C34H45FN4O8/c1-5-45-30(42)34-17-22(34)13-9-7-6-8-10-15-26(36-31(43)47-33(2,3)4)29(41)39-19-23(16-27(39)28(40)37-34)46-32(44)38-18-21-12-11-14-25(35)24(21)20-38/h9,11-14,22-23,26-27H,5-8,10,15-20H2,1-4H3,(H,36,43)(H,37,40)/b13-9-/t22-,23-,26+,27+,34+/m1/s1. The summed E-state index contributed by atoms with van der Waals surface area (Å²) in [5.41, 5.74) is -0.947. The van der Waals surface area contributed by atoms with E-state index in [9.17, 15) is 28.4 Å². The highest BCUT2D eigenvalue weighted by Crippen LogP contribution is 2.46. The molecule has 12 nitrogen and oxygen atoms in total. The number of hydrogen-bond donors (Lipinski definition) is 2. The fourth-order valence-corrected chi connectivity index (χ4v) is 6.57. The van der Waals surface area contributed by atoms with Crippen molar-refractivity contribution in [1.29, 1.82) is 0 Å². The third-order valence-electron chi connectivity index (χ3n) is 9.02. The van der Waals surface area contributed by atoms with E-state index >= 15 is 0 Å². The van der Waals surface area contributed by atoms with E-state index in [1.54, 1.807) is 39.8 Å². The number of benzene rings is 1. The second-order valence-corrected chi connectivity index (χ2v) is 13.7. The molecule has 5 rings (SSSR count). The van der Waals surface area contributed by atoms with Crippen LogP contribution in [0.25, 0.3) is 0 Å². The molecular weight excluding hydrogens is 611 g/mol. The predicted octanol–water partition coefficient (Wildman–Crippen LogP) is 4.10. The molecule has 0 radical (unpaired) electrons. The van der Waals surface area contributed by atoms with Crippen molar-refractivity contribution >= 4 is 30.0 Å². The van der Waals surface area contributed by atoms with Crippen molar-refractivity contribution in [2.45, 2.75) is 115 Å². The Kier molecular flexibility index (Phi) is 10.1. The maximum Gasteiger partial charge on any atom is 0.410 e. The summed E-state index contributed by atoms with van der Waals surface area (Å²) in [7, 11) is 0. The van der Waals surface area contributed by atoms with Crippen LogP contribution in [0.15, 0.2) is 30.4 Å². The molecule has 1 aliphatic carbocycles. The van der Waals surface area contributed by atoms with E-state index in [0.29, 0.717) is 30.4 Å².